The molecule has 1 N–H and O–H groups in total. The number of halogens is 2. The van der Waals surface area contributed by atoms with Crippen molar-refractivity contribution in [1.82, 2.24) is 10.2 Å². The first kappa shape index (κ1) is 13.3. The third-order valence-corrected chi connectivity index (χ3v) is 2.54. The zero-order valence-electron chi connectivity index (χ0n) is 9.63. The highest BCUT2D eigenvalue weighted by Gasteiger charge is 2.46. The molecule has 0 unspecified atom stereocenters. The molecule has 94 valence electrons. The topological polar surface area (TPSA) is 41.6 Å². The van der Waals surface area contributed by atoms with E-state index in [2.05, 4.69) is 5.32 Å². The molecule has 6 heteroatoms. The van der Waals surface area contributed by atoms with Crippen LogP contribution in [-0.4, -0.2) is 56.1 Å². The maximum atomic E-state index is 13.2. The number of nitrogens with one attached hydrogen (secondary N) is 1. The van der Waals surface area contributed by atoms with Gasteiger partial charge in [0.15, 0.2) is 0 Å². The lowest BCUT2D eigenvalue weighted by molar-refractivity contribution is -0.133. The van der Waals surface area contributed by atoms with E-state index >= 15 is 0 Å². The average molecular weight is 236 g/mol. The maximum Gasteiger partial charge on any atom is 0.267 e. The summed E-state index contributed by atoms with van der Waals surface area (Å²) < 4.78 is 31.5. The van der Waals surface area contributed by atoms with Crippen LogP contribution in [0.3, 0.4) is 0 Å². The Balaban J connectivity index is 2.60. The number of ether oxygens (including phenoxy) is 1. The lowest BCUT2D eigenvalue weighted by atomic mass is 10.2. The Labute approximate surface area is 93.9 Å². The van der Waals surface area contributed by atoms with Crippen molar-refractivity contribution in [2.75, 3.05) is 33.4 Å². The van der Waals surface area contributed by atoms with Gasteiger partial charge in [0.2, 0.25) is 5.91 Å². The average Bonchev–Trinajstić information content (AvgIpc) is 2.51. The van der Waals surface area contributed by atoms with Gasteiger partial charge >= 0.3 is 0 Å². The van der Waals surface area contributed by atoms with Crippen LogP contribution in [0.4, 0.5) is 8.78 Å². The summed E-state index contributed by atoms with van der Waals surface area (Å²) in [6.45, 7) is 2.04. The molecule has 1 aliphatic rings. The molecule has 0 bridgehead atoms. The maximum absolute atomic E-state index is 13.2. The van der Waals surface area contributed by atoms with E-state index in [0.717, 1.165) is 0 Å². The van der Waals surface area contributed by atoms with E-state index in [4.69, 9.17) is 4.74 Å². The molecule has 1 atom stereocenters. The summed E-state index contributed by atoms with van der Waals surface area (Å²) in [5, 5.41) is 2.67. The highest BCUT2D eigenvalue weighted by atomic mass is 19.3. The van der Waals surface area contributed by atoms with Gasteiger partial charge in [-0.25, -0.2) is 8.78 Å². The van der Waals surface area contributed by atoms with E-state index < -0.39 is 18.5 Å². The molecule has 0 spiro atoms. The van der Waals surface area contributed by atoms with Gasteiger partial charge in [-0.2, -0.15) is 0 Å². The second kappa shape index (κ2) is 5.54. The van der Waals surface area contributed by atoms with Crippen LogP contribution >= 0.6 is 0 Å². The van der Waals surface area contributed by atoms with E-state index in [1.165, 1.54) is 4.90 Å². The smallest absolute Gasteiger partial charge is 0.267 e. The number of likely N-dealkylation sites (tertiary alicyclic amines) is 1. The van der Waals surface area contributed by atoms with Crippen LogP contribution in [0.1, 0.15) is 13.3 Å². The summed E-state index contributed by atoms with van der Waals surface area (Å²) in [5.41, 5.74) is 0. The third kappa shape index (κ3) is 3.38. The van der Waals surface area contributed by atoms with Crippen LogP contribution in [0.5, 0.6) is 0 Å². The first-order valence-corrected chi connectivity index (χ1v) is 5.40. The van der Waals surface area contributed by atoms with Gasteiger partial charge in [0.25, 0.3) is 5.92 Å². The number of amides is 1. The minimum absolute atomic E-state index is 0.0820. The predicted molar refractivity (Wildman–Crippen MR) is 55.5 cm³/mol. The van der Waals surface area contributed by atoms with Gasteiger partial charge in [-0.15, -0.1) is 0 Å². The van der Waals surface area contributed by atoms with Crippen molar-refractivity contribution in [3.63, 3.8) is 0 Å². The number of carbonyl (C=O) groups excluding carboxylic acids is 1. The van der Waals surface area contributed by atoms with Crippen LogP contribution in [0.15, 0.2) is 0 Å². The number of hydrogen-bond acceptors (Lipinski definition) is 3. The molecular formula is C10H18F2N2O2. The number of rotatable bonds is 5. The predicted octanol–water partition coefficient (Wildman–Crippen LogP) is 0.478. The molecule has 4 nitrogen and oxygen atoms in total. The molecule has 1 heterocycles. The van der Waals surface area contributed by atoms with Crippen LogP contribution in [0.2, 0.25) is 0 Å². The molecule has 0 aliphatic carbocycles. The second-order valence-electron chi connectivity index (χ2n) is 3.93. The van der Waals surface area contributed by atoms with Crippen molar-refractivity contribution in [3.8, 4) is 0 Å². The Morgan fingerprint density at radius 1 is 1.62 bits per heavy atom. The molecule has 0 radical (unpaired) electrons. The normalized spacial score (nSPS) is 23.8. The fraction of sp³-hybridized carbons (Fsp3) is 0.900. The van der Waals surface area contributed by atoms with E-state index in [-0.39, 0.29) is 25.5 Å². The van der Waals surface area contributed by atoms with E-state index in [9.17, 15) is 13.6 Å². The lowest BCUT2D eigenvalue weighted by Gasteiger charge is -2.23. The highest BCUT2D eigenvalue weighted by molar-refractivity contribution is 5.79. The summed E-state index contributed by atoms with van der Waals surface area (Å²) in [6, 6.07) is -0.504. The van der Waals surface area contributed by atoms with Gasteiger partial charge in [0.05, 0.1) is 25.7 Å². The molecule has 1 fully saturated rings. The molecule has 0 aromatic heterocycles. The van der Waals surface area contributed by atoms with E-state index in [0.29, 0.717) is 6.61 Å². The first-order chi connectivity index (χ1) is 7.50. The van der Waals surface area contributed by atoms with Gasteiger partial charge in [-0.05, 0) is 14.0 Å². The van der Waals surface area contributed by atoms with Gasteiger partial charge in [0.1, 0.15) is 0 Å². The highest BCUT2D eigenvalue weighted by Crippen LogP contribution is 2.32. The van der Waals surface area contributed by atoms with Gasteiger partial charge in [-0.1, -0.05) is 0 Å². The van der Waals surface area contributed by atoms with Gasteiger partial charge in [0, 0.05) is 13.0 Å². The number of alkyl halides is 2. The summed E-state index contributed by atoms with van der Waals surface area (Å²) in [5.74, 6) is -3.09. The van der Waals surface area contributed by atoms with Crippen molar-refractivity contribution >= 4 is 5.91 Å². The minimum atomic E-state index is -2.79. The zero-order valence-corrected chi connectivity index (χ0v) is 9.63. The van der Waals surface area contributed by atoms with Crippen molar-refractivity contribution < 1.29 is 18.3 Å². The van der Waals surface area contributed by atoms with Crippen molar-refractivity contribution in [2.24, 2.45) is 0 Å². The fourth-order valence-corrected chi connectivity index (χ4v) is 1.85. The summed E-state index contributed by atoms with van der Waals surface area (Å²) in [6.07, 6.45) is -0.303. The van der Waals surface area contributed by atoms with E-state index in [1.54, 1.807) is 14.0 Å². The SMILES string of the molecule is CCOC[C@@H]1CC(F)(F)CN1C(=O)CNC. The molecular weight excluding hydrogens is 218 g/mol. The molecule has 1 rings (SSSR count). The molecule has 1 amide bonds. The van der Waals surface area contributed by atoms with Gasteiger partial charge in [-0.3, -0.25) is 4.79 Å². The number of carbonyl (C=O) groups is 1. The Hall–Kier alpha value is -0.750. The summed E-state index contributed by atoms with van der Waals surface area (Å²) >= 11 is 0. The zero-order chi connectivity index (χ0) is 12.2. The molecule has 16 heavy (non-hydrogen) atoms. The molecule has 0 aromatic carbocycles. The molecule has 1 aliphatic heterocycles. The Morgan fingerprint density at radius 2 is 2.31 bits per heavy atom. The van der Waals surface area contributed by atoms with Crippen molar-refractivity contribution in [3.05, 3.63) is 0 Å². The standard InChI is InChI=1S/C10H18F2N2O2/c1-3-16-6-8-4-10(11,12)7-14(8)9(15)5-13-2/h8,13H,3-7H2,1-2H3/t8-/m0/s1. The minimum Gasteiger partial charge on any atom is -0.380 e. The van der Waals surface area contributed by atoms with Crippen molar-refractivity contribution in [1.29, 1.82) is 0 Å². The summed E-state index contributed by atoms with van der Waals surface area (Å²) in [7, 11) is 1.61. The van der Waals surface area contributed by atoms with E-state index in [1.807, 2.05) is 0 Å². The lowest BCUT2D eigenvalue weighted by Crippen LogP contribution is -2.42. The number of likely N-dealkylation sites (N-methyl/N-ethyl adjacent to an activating group) is 1. The van der Waals surface area contributed by atoms with Crippen LogP contribution in [0, 0.1) is 0 Å². The molecule has 1 saturated heterocycles. The second-order valence-corrected chi connectivity index (χ2v) is 3.93. The first-order valence-electron chi connectivity index (χ1n) is 5.40. The van der Waals surface area contributed by atoms with Crippen molar-refractivity contribution in [2.45, 2.75) is 25.3 Å². The molecule has 0 saturated carbocycles. The molecule has 0 aromatic rings. The fourth-order valence-electron chi connectivity index (χ4n) is 1.85. The Kier molecular flexibility index (Phi) is 4.61. The number of nitrogens with zero attached hydrogens (tertiary/aromatic N) is 1. The summed E-state index contributed by atoms with van der Waals surface area (Å²) in [4.78, 5) is 12.8. The quantitative estimate of drug-likeness (QED) is 0.755. The van der Waals surface area contributed by atoms with Gasteiger partial charge < -0.3 is 15.0 Å². The van der Waals surface area contributed by atoms with Crippen LogP contribution in [0.25, 0.3) is 0 Å². The third-order valence-electron chi connectivity index (χ3n) is 2.54. The Morgan fingerprint density at radius 3 is 2.88 bits per heavy atom. The monoisotopic (exact) mass is 236 g/mol. The number of hydrogen-bond donors (Lipinski definition) is 1. The Bertz CT molecular complexity index is 249. The largest absolute Gasteiger partial charge is 0.380 e. The van der Waals surface area contributed by atoms with Crippen LogP contribution in [-0.2, 0) is 9.53 Å². The van der Waals surface area contributed by atoms with Crippen LogP contribution < -0.4 is 5.32 Å².